The van der Waals surface area contributed by atoms with Crippen LogP contribution >= 0.6 is 0 Å². The minimum absolute atomic E-state index is 0.994. The summed E-state index contributed by atoms with van der Waals surface area (Å²) in [6.07, 6.45) is 7.71. The fourth-order valence-corrected chi connectivity index (χ4v) is 2.09. The molecule has 23 heavy (non-hydrogen) atoms. The first kappa shape index (κ1) is 16.7. The second-order valence-corrected chi connectivity index (χ2v) is 5.36. The van der Waals surface area contributed by atoms with Gasteiger partial charge in [0, 0.05) is 11.1 Å². The maximum Gasteiger partial charge on any atom is 0.0255 e. The molecule has 0 saturated carbocycles. The number of aryl methyl sites for hydroxylation is 1. The molecule has 0 saturated heterocycles. The molecular formula is C23H22. The molecule has 0 heteroatoms. The van der Waals surface area contributed by atoms with Crippen LogP contribution in [0, 0.1) is 23.7 Å². The van der Waals surface area contributed by atoms with Gasteiger partial charge in [0.15, 0.2) is 0 Å². The van der Waals surface area contributed by atoms with Gasteiger partial charge in [-0.3, -0.25) is 0 Å². The Balaban J connectivity index is 1.98. The predicted octanol–water partition coefficient (Wildman–Crippen LogP) is 5.47. The summed E-state index contributed by atoms with van der Waals surface area (Å²) in [5.74, 6) is 12.0. The second-order valence-electron chi connectivity index (χ2n) is 5.36. The Morgan fingerprint density at radius 2 is 1.35 bits per heavy atom. The van der Waals surface area contributed by atoms with E-state index in [0.717, 1.165) is 24.0 Å². The molecule has 0 aliphatic rings. The van der Waals surface area contributed by atoms with Crippen LogP contribution in [0.4, 0.5) is 0 Å². The van der Waals surface area contributed by atoms with Crippen molar-refractivity contribution >= 4 is 6.08 Å². The van der Waals surface area contributed by atoms with Crippen LogP contribution in [0.1, 0.15) is 48.9 Å². The molecule has 2 aromatic carbocycles. The molecule has 0 heterocycles. The number of allylic oxidation sites excluding steroid dienone is 1. The lowest BCUT2D eigenvalue weighted by Crippen LogP contribution is -1.79. The van der Waals surface area contributed by atoms with E-state index in [0.29, 0.717) is 0 Å². The van der Waals surface area contributed by atoms with Gasteiger partial charge in [-0.15, -0.1) is 0 Å². The molecule has 0 aliphatic heterocycles. The van der Waals surface area contributed by atoms with E-state index in [1.807, 2.05) is 24.3 Å². The second kappa shape index (κ2) is 9.34. The van der Waals surface area contributed by atoms with Crippen molar-refractivity contribution in [3.05, 3.63) is 76.9 Å². The monoisotopic (exact) mass is 298 g/mol. The van der Waals surface area contributed by atoms with Crippen molar-refractivity contribution in [1.82, 2.24) is 0 Å². The normalized spacial score (nSPS) is 9.83. The van der Waals surface area contributed by atoms with Crippen LogP contribution in [0.25, 0.3) is 6.08 Å². The molecule has 0 radical (unpaired) electrons. The van der Waals surface area contributed by atoms with Gasteiger partial charge < -0.3 is 0 Å². The van der Waals surface area contributed by atoms with Crippen LogP contribution in [0.5, 0.6) is 0 Å². The lowest BCUT2D eigenvalue weighted by molar-refractivity contribution is 0.962. The van der Waals surface area contributed by atoms with Crippen LogP contribution in [0.2, 0.25) is 0 Å². The minimum Gasteiger partial charge on any atom is -0.0840 e. The zero-order valence-corrected chi connectivity index (χ0v) is 13.9. The zero-order valence-electron chi connectivity index (χ0n) is 13.9. The Hall–Kier alpha value is -2.70. The van der Waals surface area contributed by atoms with Gasteiger partial charge in [0.25, 0.3) is 0 Å². The Morgan fingerprint density at radius 1 is 0.783 bits per heavy atom. The third-order valence-corrected chi connectivity index (χ3v) is 3.51. The van der Waals surface area contributed by atoms with Gasteiger partial charge in [-0.1, -0.05) is 68.5 Å². The van der Waals surface area contributed by atoms with Gasteiger partial charge in [0.2, 0.25) is 0 Å². The first-order valence-electron chi connectivity index (χ1n) is 8.19. The number of hydrogen-bond donors (Lipinski definition) is 0. The average molecular weight is 298 g/mol. The van der Waals surface area contributed by atoms with Crippen molar-refractivity contribution in [2.24, 2.45) is 0 Å². The van der Waals surface area contributed by atoms with Crippen molar-refractivity contribution in [3.8, 4) is 23.7 Å². The van der Waals surface area contributed by atoms with Crippen LogP contribution in [0.15, 0.2) is 54.6 Å². The maximum atomic E-state index is 3.08. The highest BCUT2D eigenvalue weighted by atomic mass is 13.9. The van der Waals surface area contributed by atoms with E-state index in [4.69, 9.17) is 0 Å². The van der Waals surface area contributed by atoms with Gasteiger partial charge in [-0.2, -0.15) is 0 Å². The molecule has 0 N–H and O–H groups in total. The summed E-state index contributed by atoms with van der Waals surface area (Å²) in [4.78, 5) is 0. The van der Waals surface area contributed by atoms with Gasteiger partial charge >= 0.3 is 0 Å². The van der Waals surface area contributed by atoms with Crippen LogP contribution in [0.3, 0.4) is 0 Å². The lowest BCUT2D eigenvalue weighted by atomic mass is 10.1. The van der Waals surface area contributed by atoms with E-state index in [-0.39, 0.29) is 0 Å². The standard InChI is InChI=1S/C23H22/c1-3-5-6-9-21-16-18-23(19-17-21)11-8-7-10-22-14-12-20(4-2)13-15-22/h6,9,12-19H,3-5H2,1-2H3/b9-6+. The lowest BCUT2D eigenvalue weighted by Gasteiger charge is -1.94. The fourth-order valence-electron chi connectivity index (χ4n) is 2.09. The predicted molar refractivity (Wildman–Crippen MR) is 100.0 cm³/mol. The highest BCUT2D eigenvalue weighted by Crippen LogP contribution is 2.06. The Morgan fingerprint density at radius 3 is 1.87 bits per heavy atom. The summed E-state index contributed by atoms with van der Waals surface area (Å²) in [6, 6.07) is 16.6. The minimum atomic E-state index is 0.994. The van der Waals surface area contributed by atoms with Crippen molar-refractivity contribution in [2.45, 2.75) is 33.1 Å². The number of unbranched alkanes of at least 4 members (excludes halogenated alkanes) is 1. The first-order valence-corrected chi connectivity index (χ1v) is 8.19. The molecule has 0 atom stereocenters. The topological polar surface area (TPSA) is 0 Å². The number of hydrogen-bond acceptors (Lipinski definition) is 0. The highest BCUT2D eigenvalue weighted by molar-refractivity contribution is 5.52. The molecule has 2 aromatic rings. The third-order valence-electron chi connectivity index (χ3n) is 3.51. The van der Waals surface area contributed by atoms with E-state index in [1.54, 1.807) is 0 Å². The molecule has 2 rings (SSSR count). The van der Waals surface area contributed by atoms with Crippen molar-refractivity contribution in [2.75, 3.05) is 0 Å². The Bertz CT molecular complexity index is 751. The summed E-state index contributed by atoms with van der Waals surface area (Å²) in [7, 11) is 0. The van der Waals surface area contributed by atoms with Crippen LogP contribution in [-0.2, 0) is 6.42 Å². The first-order chi connectivity index (χ1) is 11.3. The van der Waals surface area contributed by atoms with Crippen LogP contribution in [-0.4, -0.2) is 0 Å². The highest BCUT2D eigenvalue weighted by Gasteiger charge is 1.89. The quantitative estimate of drug-likeness (QED) is 0.657. The Kier molecular flexibility index (Phi) is 6.77. The smallest absolute Gasteiger partial charge is 0.0255 e. The molecule has 0 fully saturated rings. The van der Waals surface area contributed by atoms with Gasteiger partial charge in [-0.25, -0.2) is 0 Å². The molecule has 0 bridgehead atoms. The van der Waals surface area contributed by atoms with E-state index in [9.17, 15) is 0 Å². The van der Waals surface area contributed by atoms with Crippen LogP contribution < -0.4 is 0 Å². The molecule has 0 amide bonds. The van der Waals surface area contributed by atoms with E-state index in [2.05, 4.69) is 73.9 Å². The SMILES string of the molecule is CCC/C=C/c1ccc(C#CC#Cc2ccc(CC)cc2)cc1. The molecule has 0 nitrogen and oxygen atoms in total. The Labute approximate surface area is 140 Å². The van der Waals surface area contributed by atoms with Crippen molar-refractivity contribution < 1.29 is 0 Å². The average Bonchev–Trinajstić information content (AvgIpc) is 2.61. The number of benzene rings is 2. The van der Waals surface area contributed by atoms with Gasteiger partial charge in [-0.05, 0) is 60.1 Å². The van der Waals surface area contributed by atoms with E-state index >= 15 is 0 Å². The van der Waals surface area contributed by atoms with Crippen molar-refractivity contribution in [1.29, 1.82) is 0 Å². The fraction of sp³-hybridized carbons (Fsp3) is 0.217. The zero-order chi connectivity index (χ0) is 16.3. The van der Waals surface area contributed by atoms with Crippen molar-refractivity contribution in [3.63, 3.8) is 0 Å². The summed E-state index contributed by atoms with van der Waals surface area (Å²) in [6.45, 7) is 4.33. The molecule has 0 aromatic heterocycles. The summed E-state index contributed by atoms with van der Waals surface area (Å²) in [5, 5.41) is 0. The molecule has 0 aliphatic carbocycles. The van der Waals surface area contributed by atoms with E-state index < -0.39 is 0 Å². The summed E-state index contributed by atoms with van der Waals surface area (Å²) in [5.41, 5.74) is 4.54. The van der Waals surface area contributed by atoms with Gasteiger partial charge in [0.05, 0.1) is 0 Å². The van der Waals surface area contributed by atoms with Gasteiger partial charge in [0.1, 0.15) is 0 Å². The molecule has 114 valence electrons. The number of rotatable bonds is 4. The van der Waals surface area contributed by atoms with E-state index in [1.165, 1.54) is 17.5 Å². The summed E-state index contributed by atoms with van der Waals surface area (Å²) < 4.78 is 0. The molecule has 0 spiro atoms. The molecule has 0 unspecified atom stereocenters. The molecular weight excluding hydrogens is 276 g/mol. The third kappa shape index (κ3) is 5.90. The maximum absolute atomic E-state index is 3.08. The largest absolute Gasteiger partial charge is 0.0840 e. The summed E-state index contributed by atoms with van der Waals surface area (Å²) >= 11 is 0.